The summed E-state index contributed by atoms with van der Waals surface area (Å²) in [7, 11) is 1.53. The van der Waals surface area contributed by atoms with Crippen LogP contribution in [0.5, 0.6) is 0 Å². The molecule has 0 aromatic rings. The summed E-state index contributed by atoms with van der Waals surface area (Å²) < 4.78 is 9.74. The predicted octanol–water partition coefficient (Wildman–Crippen LogP) is 0.727. The summed E-state index contributed by atoms with van der Waals surface area (Å²) in [6, 6.07) is 0. The Morgan fingerprint density at radius 3 is 2.64 bits per heavy atom. The third-order valence-corrected chi connectivity index (χ3v) is 2.49. The van der Waals surface area contributed by atoms with E-state index >= 15 is 0 Å². The average molecular weight is 202 g/mol. The first-order chi connectivity index (χ1) is 6.62. The molecule has 0 aromatic carbocycles. The summed E-state index contributed by atoms with van der Waals surface area (Å²) in [5, 5.41) is 10.1. The molecule has 1 atom stereocenters. The SMILES string of the molecule is CCOC(=O)CC(O)(COC)C1CC1. The molecule has 82 valence electrons. The van der Waals surface area contributed by atoms with Gasteiger partial charge in [0, 0.05) is 7.11 Å². The van der Waals surface area contributed by atoms with E-state index in [0.717, 1.165) is 12.8 Å². The van der Waals surface area contributed by atoms with Crippen molar-refractivity contribution in [2.75, 3.05) is 20.3 Å². The van der Waals surface area contributed by atoms with Gasteiger partial charge >= 0.3 is 5.97 Å². The van der Waals surface area contributed by atoms with Crippen molar-refractivity contribution in [3.63, 3.8) is 0 Å². The van der Waals surface area contributed by atoms with Crippen LogP contribution in [0.25, 0.3) is 0 Å². The zero-order valence-electron chi connectivity index (χ0n) is 8.78. The Bertz CT molecular complexity index is 200. The van der Waals surface area contributed by atoms with Gasteiger partial charge in [-0.05, 0) is 25.7 Å². The third-order valence-electron chi connectivity index (χ3n) is 2.49. The van der Waals surface area contributed by atoms with E-state index in [1.54, 1.807) is 6.92 Å². The number of hydrogen-bond acceptors (Lipinski definition) is 4. The molecule has 4 heteroatoms. The van der Waals surface area contributed by atoms with E-state index in [4.69, 9.17) is 9.47 Å². The first-order valence-corrected chi connectivity index (χ1v) is 4.99. The number of carbonyl (C=O) groups is 1. The summed E-state index contributed by atoms with van der Waals surface area (Å²) in [5.41, 5.74) is -1.01. The molecule has 1 saturated carbocycles. The summed E-state index contributed by atoms with van der Waals surface area (Å²) in [5.74, 6) is -0.147. The molecule has 0 aliphatic heterocycles. The van der Waals surface area contributed by atoms with Crippen molar-refractivity contribution in [1.29, 1.82) is 0 Å². The van der Waals surface area contributed by atoms with Crippen LogP contribution < -0.4 is 0 Å². The van der Waals surface area contributed by atoms with Gasteiger partial charge in [0.15, 0.2) is 0 Å². The number of methoxy groups -OCH3 is 1. The molecule has 1 unspecified atom stereocenters. The molecule has 0 heterocycles. The molecular weight excluding hydrogens is 184 g/mol. The van der Waals surface area contributed by atoms with Crippen molar-refractivity contribution in [1.82, 2.24) is 0 Å². The van der Waals surface area contributed by atoms with Gasteiger partial charge in [-0.3, -0.25) is 4.79 Å². The van der Waals surface area contributed by atoms with Crippen LogP contribution in [0.4, 0.5) is 0 Å². The number of rotatable bonds is 6. The second-order valence-electron chi connectivity index (χ2n) is 3.79. The average Bonchev–Trinajstić information content (AvgIpc) is 2.86. The molecule has 0 amide bonds. The topological polar surface area (TPSA) is 55.8 Å². The van der Waals surface area contributed by atoms with Crippen LogP contribution in [0.1, 0.15) is 26.2 Å². The van der Waals surface area contributed by atoms with E-state index in [1.807, 2.05) is 0 Å². The van der Waals surface area contributed by atoms with Gasteiger partial charge in [0.2, 0.25) is 0 Å². The number of esters is 1. The number of hydrogen-bond donors (Lipinski definition) is 1. The van der Waals surface area contributed by atoms with E-state index in [-0.39, 0.29) is 24.9 Å². The van der Waals surface area contributed by atoms with E-state index in [1.165, 1.54) is 7.11 Å². The highest BCUT2D eigenvalue weighted by atomic mass is 16.5. The number of ether oxygens (including phenoxy) is 2. The van der Waals surface area contributed by atoms with E-state index < -0.39 is 5.60 Å². The van der Waals surface area contributed by atoms with Gasteiger partial charge in [-0.25, -0.2) is 0 Å². The number of carbonyl (C=O) groups excluding carboxylic acids is 1. The van der Waals surface area contributed by atoms with Gasteiger partial charge in [0.05, 0.1) is 19.6 Å². The zero-order chi connectivity index (χ0) is 10.6. The van der Waals surface area contributed by atoms with Crippen molar-refractivity contribution in [2.45, 2.75) is 31.8 Å². The first kappa shape index (κ1) is 11.5. The zero-order valence-corrected chi connectivity index (χ0v) is 8.78. The highest BCUT2D eigenvalue weighted by molar-refractivity contribution is 5.70. The maximum absolute atomic E-state index is 11.2. The van der Waals surface area contributed by atoms with Crippen LogP contribution in [0.15, 0.2) is 0 Å². The van der Waals surface area contributed by atoms with Crippen molar-refractivity contribution in [3.05, 3.63) is 0 Å². The second-order valence-corrected chi connectivity index (χ2v) is 3.79. The fourth-order valence-electron chi connectivity index (χ4n) is 1.65. The molecule has 4 nitrogen and oxygen atoms in total. The lowest BCUT2D eigenvalue weighted by atomic mass is 9.95. The van der Waals surface area contributed by atoms with Gasteiger partial charge in [0.1, 0.15) is 5.60 Å². The molecule has 1 aliphatic carbocycles. The number of aliphatic hydroxyl groups is 1. The lowest BCUT2D eigenvalue weighted by Crippen LogP contribution is -2.39. The van der Waals surface area contributed by atoms with Crippen molar-refractivity contribution in [3.8, 4) is 0 Å². The largest absolute Gasteiger partial charge is 0.466 e. The Labute approximate surface area is 84.2 Å². The van der Waals surface area contributed by atoms with Crippen LogP contribution >= 0.6 is 0 Å². The maximum atomic E-state index is 11.2. The van der Waals surface area contributed by atoms with Gasteiger partial charge in [-0.15, -0.1) is 0 Å². The predicted molar refractivity (Wildman–Crippen MR) is 50.8 cm³/mol. The molecule has 0 radical (unpaired) electrons. The first-order valence-electron chi connectivity index (χ1n) is 4.99. The third kappa shape index (κ3) is 2.96. The highest BCUT2D eigenvalue weighted by Gasteiger charge is 2.45. The quantitative estimate of drug-likeness (QED) is 0.645. The molecule has 0 saturated heterocycles. The molecule has 0 spiro atoms. The summed E-state index contributed by atoms with van der Waals surface area (Å²) in [6.45, 7) is 2.31. The molecule has 1 aliphatic rings. The van der Waals surface area contributed by atoms with Crippen molar-refractivity contribution in [2.24, 2.45) is 5.92 Å². The van der Waals surface area contributed by atoms with Crippen molar-refractivity contribution < 1.29 is 19.4 Å². The Morgan fingerprint density at radius 2 is 2.21 bits per heavy atom. The van der Waals surface area contributed by atoms with Crippen molar-refractivity contribution >= 4 is 5.97 Å². The van der Waals surface area contributed by atoms with E-state index in [9.17, 15) is 9.90 Å². The Kier molecular flexibility index (Phi) is 3.89. The maximum Gasteiger partial charge on any atom is 0.308 e. The standard InChI is InChI=1S/C10H18O4/c1-3-14-9(11)6-10(12,7-13-2)8-4-5-8/h8,12H,3-7H2,1-2H3. The minimum Gasteiger partial charge on any atom is -0.466 e. The van der Waals surface area contributed by atoms with E-state index in [0.29, 0.717) is 6.61 Å². The fraction of sp³-hybridized carbons (Fsp3) is 0.900. The molecule has 14 heavy (non-hydrogen) atoms. The summed E-state index contributed by atoms with van der Waals surface area (Å²) >= 11 is 0. The molecular formula is C10H18O4. The van der Waals surface area contributed by atoms with Crippen LogP contribution in [0.3, 0.4) is 0 Å². The Hall–Kier alpha value is -0.610. The Balaban J connectivity index is 2.45. The smallest absolute Gasteiger partial charge is 0.308 e. The molecule has 0 bridgehead atoms. The van der Waals surface area contributed by atoms with Gasteiger partial charge in [0.25, 0.3) is 0 Å². The van der Waals surface area contributed by atoms with Crippen LogP contribution in [0.2, 0.25) is 0 Å². The molecule has 1 rings (SSSR count). The van der Waals surface area contributed by atoms with Gasteiger partial charge in [-0.2, -0.15) is 0 Å². The monoisotopic (exact) mass is 202 g/mol. The minimum absolute atomic E-state index is 0.0410. The minimum atomic E-state index is -1.01. The Morgan fingerprint density at radius 1 is 1.57 bits per heavy atom. The van der Waals surface area contributed by atoms with Gasteiger partial charge < -0.3 is 14.6 Å². The normalized spacial score (nSPS) is 20.2. The second kappa shape index (κ2) is 4.75. The van der Waals surface area contributed by atoms with Crippen LogP contribution in [-0.2, 0) is 14.3 Å². The highest BCUT2D eigenvalue weighted by Crippen LogP contribution is 2.41. The lowest BCUT2D eigenvalue weighted by Gasteiger charge is -2.26. The van der Waals surface area contributed by atoms with Gasteiger partial charge in [-0.1, -0.05) is 0 Å². The molecule has 1 N–H and O–H groups in total. The fourth-order valence-corrected chi connectivity index (χ4v) is 1.65. The lowest BCUT2D eigenvalue weighted by molar-refractivity contribution is -0.152. The summed E-state index contributed by atoms with van der Waals surface area (Å²) in [4.78, 5) is 11.2. The molecule has 1 fully saturated rings. The summed E-state index contributed by atoms with van der Waals surface area (Å²) in [6.07, 6.45) is 1.98. The van der Waals surface area contributed by atoms with Crippen LogP contribution in [0, 0.1) is 5.92 Å². The van der Waals surface area contributed by atoms with E-state index in [2.05, 4.69) is 0 Å². The van der Waals surface area contributed by atoms with Crippen LogP contribution in [-0.4, -0.2) is 37.0 Å². The molecule has 0 aromatic heterocycles.